The van der Waals surface area contributed by atoms with Crippen LogP contribution in [0, 0.1) is 20.8 Å². The number of anilines is 1. The van der Waals surface area contributed by atoms with Crippen LogP contribution in [0.15, 0.2) is 52.4 Å². The molecule has 8 heteroatoms. The number of fused-ring (bicyclic) bond motifs is 1. The van der Waals surface area contributed by atoms with Gasteiger partial charge in [-0.25, -0.2) is 4.98 Å². The summed E-state index contributed by atoms with van der Waals surface area (Å²) in [5.74, 6) is -0.117. The van der Waals surface area contributed by atoms with E-state index in [1.54, 1.807) is 28.0 Å². The van der Waals surface area contributed by atoms with Crippen molar-refractivity contribution in [1.82, 2.24) is 9.55 Å². The van der Waals surface area contributed by atoms with Crippen LogP contribution in [0.2, 0.25) is 5.02 Å². The van der Waals surface area contributed by atoms with Gasteiger partial charge in [0.05, 0.1) is 27.5 Å². The maximum absolute atomic E-state index is 13.8. The Labute approximate surface area is 212 Å². The lowest BCUT2D eigenvalue weighted by molar-refractivity contribution is -0.113. The first kappa shape index (κ1) is 24.5. The van der Waals surface area contributed by atoms with Gasteiger partial charge in [-0.15, -0.1) is 11.3 Å². The van der Waals surface area contributed by atoms with E-state index in [4.69, 9.17) is 16.6 Å². The van der Waals surface area contributed by atoms with E-state index >= 15 is 0 Å². The van der Waals surface area contributed by atoms with Crippen molar-refractivity contribution in [2.75, 3.05) is 11.1 Å². The molecule has 0 aliphatic carbocycles. The predicted molar refractivity (Wildman–Crippen MR) is 144 cm³/mol. The Hall–Kier alpha value is -2.61. The molecule has 0 atom stereocenters. The molecule has 2 aromatic heterocycles. The number of benzene rings is 2. The number of aryl methyl sites for hydroxylation is 4. The molecular formula is C26H26ClN3O2S2. The summed E-state index contributed by atoms with van der Waals surface area (Å²) in [6.07, 6.45) is 1.92. The quantitative estimate of drug-likeness (QED) is 0.221. The molecule has 34 heavy (non-hydrogen) atoms. The van der Waals surface area contributed by atoms with Crippen LogP contribution in [0.25, 0.3) is 15.9 Å². The minimum atomic E-state index is -0.215. The van der Waals surface area contributed by atoms with E-state index < -0.39 is 0 Å². The van der Waals surface area contributed by atoms with Gasteiger partial charge in [0.2, 0.25) is 5.91 Å². The lowest BCUT2D eigenvalue weighted by atomic mass is 10.1. The predicted octanol–water partition coefficient (Wildman–Crippen LogP) is 6.71. The van der Waals surface area contributed by atoms with Gasteiger partial charge in [0.1, 0.15) is 4.83 Å². The Bertz CT molecular complexity index is 1440. The molecule has 0 radical (unpaired) electrons. The van der Waals surface area contributed by atoms with Gasteiger partial charge in [0.15, 0.2) is 5.16 Å². The first-order chi connectivity index (χ1) is 16.3. The second kappa shape index (κ2) is 10.3. The standard InChI is InChI=1S/C26H26ClN3O2S2/c1-5-8-21-17(4)23-24(34-21)29-26(30(25(23)32)18-12-11-15(2)16(3)13-18)33-14-22(31)28-20-10-7-6-9-19(20)27/h6-7,9-13H,5,8,14H2,1-4H3,(H,28,31). The summed E-state index contributed by atoms with van der Waals surface area (Å²) >= 11 is 8.98. The molecule has 0 unspecified atom stereocenters. The lowest BCUT2D eigenvalue weighted by Crippen LogP contribution is -2.23. The van der Waals surface area contributed by atoms with Gasteiger partial charge in [-0.1, -0.05) is 54.9 Å². The summed E-state index contributed by atoms with van der Waals surface area (Å²) in [5, 5.41) is 4.47. The molecule has 4 aromatic rings. The van der Waals surface area contributed by atoms with Crippen LogP contribution in [0.5, 0.6) is 0 Å². The number of para-hydroxylation sites is 1. The van der Waals surface area contributed by atoms with E-state index in [0.717, 1.165) is 40.0 Å². The highest BCUT2D eigenvalue weighted by molar-refractivity contribution is 7.99. The van der Waals surface area contributed by atoms with Crippen LogP contribution in [0.4, 0.5) is 5.69 Å². The zero-order valence-corrected chi connectivity index (χ0v) is 22.0. The maximum atomic E-state index is 13.8. The van der Waals surface area contributed by atoms with E-state index in [1.807, 2.05) is 51.1 Å². The third kappa shape index (κ3) is 4.92. The zero-order valence-electron chi connectivity index (χ0n) is 19.6. The zero-order chi connectivity index (χ0) is 24.4. The summed E-state index contributed by atoms with van der Waals surface area (Å²) in [6.45, 7) is 8.19. The number of carbonyl (C=O) groups excluding carboxylic acids is 1. The van der Waals surface area contributed by atoms with Gasteiger partial charge >= 0.3 is 0 Å². The molecule has 0 saturated heterocycles. The Morgan fingerprint density at radius 3 is 2.62 bits per heavy atom. The summed E-state index contributed by atoms with van der Waals surface area (Å²) in [7, 11) is 0. The third-order valence-corrected chi connectivity index (χ3v) is 8.25. The lowest BCUT2D eigenvalue weighted by Gasteiger charge is -2.14. The second-order valence-electron chi connectivity index (χ2n) is 8.20. The van der Waals surface area contributed by atoms with Crippen LogP contribution in [-0.2, 0) is 11.2 Å². The van der Waals surface area contributed by atoms with Crippen molar-refractivity contribution in [2.24, 2.45) is 0 Å². The molecule has 176 valence electrons. The second-order valence-corrected chi connectivity index (χ2v) is 10.6. The topological polar surface area (TPSA) is 64.0 Å². The maximum Gasteiger partial charge on any atom is 0.267 e. The highest BCUT2D eigenvalue weighted by atomic mass is 35.5. The van der Waals surface area contributed by atoms with E-state index in [0.29, 0.717) is 21.3 Å². The molecule has 4 rings (SSSR count). The first-order valence-electron chi connectivity index (χ1n) is 11.1. The Balaban J connectivity index is 1.76. The van der Waals surface area contributed by atoms with Crippen LogP contribution in [0.1, 0.15) is 34.9 Å². The molecule has 5 nitrogen and oxygen atoms in total. The van der Waals surface area contributed by atoms with Gasteiger partial charge in [-0.2, -0.15) is 0 Å². The number of aromatic nitrogens is 2. The molecular weight excluding hydrogens is 486 g/mol. The number of thiophene rings is 1. The Morgan fingerprint density at radius 2 is 1.91 bits per heavy atom. The van der Waals surface area contributed by atoms with E-state index in [9.17, 15) is 9.59 Å². The van der Waals surface area contributed by atoms with Crippen molar-refractivity contribution in [1.29, 1.82) is 0 Å². The number of thioether (sulfide) groups is 1. The van der Waals surface area contributed by atoms with Crippen molar-refractivity contribution < 1.29 is 4.79 Å². The normalized spacial score (nSPS) is 11.2. The fourth-order valence-electron chi connectivity index (χ4n) is 3.74. The number of hydrogen-bond donors (Lipinski definition) is 1. The molecule has 0 bridgehead atoms. The molecule has 2 heterocycles. The molecule has 0 aliphatic rings. The highest BCUT2D eigenvalue weighted by Gasteiger charge is 2.20. The molecule has 0 saturated carbocycles. The van der Waals surface area contributed by atoms with Crippen molar-refractivity contribution in [2.45, 2.75) is 45.7 Å². The van der Waals surface area contributed by atoms with Gasteiger partial charge < -0.3 is 5.32 Å². The molecule has 0 aliphatic heterocycles. The van der Waals surface area contributed by atoms with Crippen LogP contribution in [-0.4, -0.2) is 21.2 Å². The van der Waals surface area contributed by atoms with Crippen molar-refractivity contribution >= 4 is 56.5 Å². The SMILES string of the molecule is CCCc1sc2nc(SCC(=O)Nc3ccccc3Cl)n(-c3ccc(C)c(C)c3)c(=O)c2c1C. The van der Waals surface area contributed by atoms with E-state index in [2.05, 4.69) is 12.2 Å². The van der Waals surface area contributed by atoms with Crippen molar-refractivity contribution in [3.63, 3.8) is 0 Å². The van der Waals surface area contributed by atoms with Gasteiger partial charge in [0.25, 0.3) is 5.56 Å². The number of amides is 1. The van der Waals surface area contributed by atoms with Crippen molar-refractivity contribution in [3.05, 3.63) is 79.4 Å². The third-order valence-electron chi connectivity index (χ3n) is 5.74. The van der Waals surface area contributed by atoms with Gasteiger partial charge in [0, 0.05) is 4.88 Å². The molecule has 1 amide bonds. The average molecular weight is 512 g/mol. The summed E-state index contributed by atoms with van der Waals surface area (Å²) < 4.78 is 1.64. The Morgan fingerprint density at radius 1 is 1.15 bits per heavy atom. The largest absolute Gasteiger partial charge is 0.324 e. The fourth-order valence-corrected chi connectivity index (χ4v) is 6.06. The van der Waals surface area contributed by atoms with Crippen molar-refractivity contribution in [3.8, 4) is 5.69 Å². The van der Waals surface area contributed by atoms with E-state index in [-0.39, 0.29) is 17.2 Å². The summed E-state index contributed by atoms with van der Waals surface area (Å²) in [4.78, 5) is 33.2. The van der Waals surface area contributed by atoms with E-state index in [1.165, 1.54) is 16.6 Å². The molecule has 0 fully saturated rings. The number of carbonyl (C=O) groups is 1. The van der Waals surface area contributed by atoms with Crippen LogP contribution >= 0.6 is 34.7 Å². The number of nitrogens with zero attached hydrogens (tertiary/aromatic N) is 2. The Kier molecular flexibility index (Phi) is 7.45. The molecule has 2 aromatic carbocycles. The number of nitrogens with one attached hydrogen (secondary N) is 1. The minimum absolute atomic E-state index is 0.0974. The van der Waals surface area contributed by atoms with Crippen LogP contribution < -0.4 is 10.9 Å². The number of hydrogen-bond acceptors (Lipinski definition) is 5. The molecule has 1 N–H and O–H groups in total. The van der Waals surface area contributed by atoms with Gasteiger partial charge in [-0.3, -0.25) is 14.2 Å². The minimum Gasteiger partial charge on any atom is -0.324 e. The number of halogens is 1. The highest BCUT2D eigenvalue weighted by Crippen LogP contribution is 2.31. The first-order valence-corrected chi connectivity index (χ1v) is 13.3. The number of rotatable bonds is 7. The average Bonchev–Trinajstić information content (AvgIpc) is 3.11. The molecule has 0 spiro atoms. The monoisotopic (exact) mass is 511 g/mol. The summed E-state index contributed by atoms with van der Waals surface area (Å²) in [6, 6.07) is 13.0. The van der Waals surface area contributed by atoms with Crippen LogP contribution in [0.3, 0.4) is 0 Å². The summed E-state index contributed by atoms with van der Waals surface area (Å²) in [5.41, 5.74) is 4.45. The van der Waals surface area contributed by atoms with Gasteiger partial charge in [-0.05, 0) is 68.1 Å². The fraction of sp³-hybridized carbons (Fsp3) is 0.269. The smallest absolute Gasteiger partial charge is 0.267 e.